The monoisotopic (exact) mass is 417 g/mol. The standard InChI is InChI=1S/C18H25ClFN3O5/c1-17(2,3)28-16(26)21-9-5-4-8-18(27,13(24)10-19)23-15(25)12-6-7-14(20)22-11-12/h6-7,11,27H,4-5,8-10H2,1-3H3,(H,21,26)(H,23,25). The lowest BCUT2D eigenvalue weighted by molar-refractivity contribution is -0.138. The van der Waals surface area contributed by atoms with Crippen LogP contribution in [0, 0.1) is 5.95 Å². The summed E-state index contributed by atoms with van der Waals surface area (Å²) in [5, 5.41) is 15.3. The van der Waals surface area contributed by atoms with Gasteiger partial charge >= 0.3 is 6.09 Å². The number of nitrogens with one attached hydrogen (secondary N) is 2. The van der Waals surface area contributed by atoms with Crippen molar-refractivity contribution < 1.29 is 28.6 Å². The molecule has 0 bridgehead atoms. The fourth-order valence-electron chi connectivity index (χ4n) is 2.16. The fourth-order valence-corrected chi connectivity index (χ4v) is 2.38. The van der Waals surface area contributed by atoms with Crippen molar-refractivity contribution >= 4 is 29.4 Å². The Hall–Kier alpha value is -2.26. The van der Waals surface area contributed by atoms with Crippen LogP contribution in [0.1, 0.15) is 50.4 Å². The van der Waals surface area contributed by atoms with Crippen molar-refractivity contribution in [3.05, 3.63) is 29.8 Å². The summed E-state index contributed by atoms with van der Waals surface area (Å²) < 4.78 is 17.9. The molecular formula is C18H25ClFN3O5. The van der Waals surface area contributed by atoms with E-state index in [4.69, 9.17) is 16.3 Å². The summed E-state index contributed by atoms with van der Waals surface area (Å²) in [6.45, 7) is 5.48. The molecule has 1 aromatic heterocycles. The second-order valence-corrected chi connectivity index (χ2v) is 7.39. The second-order valence-electron chi connectivity index (χ2n) is 7.13. The maximum atomic E-state index is 12.9. The van der Waals surface area contributed by atoms with Gasteiger partial charge in [-0.1, -0.05) is 0 Å². The molecule has 0 radical (unpaired) electrons. The van der Waals surface area contributed by atoms with E-state index in [0.29, 0.717) is 12.8 Å². The Labute approximate surface area is 167 Å². The Balaban J connectivity index is 2.57. The third-order valence-corrected chi connectivity index (χ3v) is 3.77. The molecule has 0 saturated heterocycles. The first-order chi connectivity index (χ1) is 13.0. The van der Waals surface area contributed by atoms with Crippen LogP contribution in [0.2, 0.25) is 0 Å². The first-order valence-electron chi connectivity index (χ1n) is 8.69. The van der Waals surface area contributed by atoms with Crippen molar-refractivity contribution in [2.24, 2.45) is 0 Å². The van der Waals surface area contributed by atoms with Gasteiger partial charge in [0.15, 0.2) is 11.5 Å². The number of pyridine rings is 1. The highest BCUT2D eigenvalue weighted by Crippen LogP contribution is 2.15. The SMILES string of the molecule is CC(C)(C)OC(=O)NCCCCC(O)(NC(=O)c1ccc(F)nc1)C(=O)CCl. The van der Waals surface area contributed by atoms with Crippen molar-refractivity contribution in [3.8, 4) is 0 Å². The Morgan fingerprint density at radius 2 is 1.93 bits per heavy atom. The first-order valence-corrected chi connectivity index (χ1v) is 9.23. The molecule has 0 aromatic carbocycles. The van der Waals surface area contributed by atoms with E-state index in [1.165, 1.54) is 6.07 Å². The molecule has 156 valence electrons. The number of aliphatic hydroxyl groups is 1. The van der Waals surface area contributed by atoms with Crippen LogP contribution in [0.15, 0.2) is 18.3 Å². The van der Waals surface area contributed by atoms with E-state index >= 15 is 0 Å². The molecule has 1 rings (SSSR count). The van der Waals surface area contributed by atoms with Gasteiger partial charge in [0, 0.05) is 19.2 Å². The molecule has 0 fully saturated rings. The zero-order chi connectivity index (χ0) is 21.4. The van der Waals surface area contributed by atoms with Gasteiger partial charge in [-0.3, -0.25) is 9.59 Å². The van der Waals surface area contributed by atoms with Gasteiger partial charge in [-0.25, -0.2) is 9.78 Å². The fraction of sp³-hybridized carbons (Fsp3) is 0.556. The average Bonchev–Trinajstić information content (AvgIpc) is 2.59. The van der Waals surface area contributed by atoms with Gasteiger partial charge in [0.1, 0.15) is 5.60 Å². The van der Waals surface area contributed by atoms with Crippen molar-refractivity contribution in [3.63, 3.8) is 0 Å². The van der Waals surface area contributed by atoms with E-state index in [-0.39, 0.29) is 18.5 Å². The highest BCUT2D eigenvalue weighted by molar-refractivity contribution is 6.29. The predicted molar refractivity (Wildman–Crippen MR) is 100 cm³/mol. The largest absolute Gasteiger partial charge is 0.444 e. The van der Waals surface area contributed by atoms with Crippen LogP contribution in [0.4, 0.5) is 9.18 Å². The summed E-state index contributed by atoms with van der Waals surface area (Å²) in [6.07, 6.45) is 1.02. The van der Waals surface area contributed by atoms with Crippen LogP contribution in [0.3, 0.4) is 0 Å². The van der Waals surface area contributed by atoms with E-state index in [1.54, 1.807) is 20.8 Å². The number of alkyl halides is 1. The van der Waals surface area contributed by atoms with E-state index < -0.39 is 40.9 Å². The van der Waals surface area contributed by atoms with Gasteiger partial charge in [0.25, 0.3) is 5.91 Å². The van der Waals surface area contributed by atoms with Gasteiger partial charge in [0.05, 0.1) is 11.4 Å². The minimum Gasteiger partial charge on any atom is -0.444 e. The minimum atomic E-state index is -2.18. The highest BCUT2D eigenvalue weighted by atomic mass is 35.5. The molecule has 8 nitrogen and oxygen atoms in total. The number of nitrogens with zero attached hydrogens (tertiary/aromatic N) is 1. The zero-order valence-corrected chi connectivity index (χ0v) is 16.8. The molecule has 1 heterocycles. The second kappa shape index (κ2) is 10.3. The summed E-state index contributed by atoms with van der Waals surface area (Å²) in [4.78, 5) is 39.1. The molecule has 1 aromatic rings. The molecule has 0 aliphatic carbocycles. The predicted octanol–water partition coefficient (Wildman–Crippen LogP) is 2.14. The number of hydrogen-bond donors (Lipinski definition) is 3. The number of alkyl carbamates (subject to hydrolysis) is 1. The summed E-state index contributed by atoms with van der Waals surface area (Å²) in [5.41, 5.74) is -2.82. The van der Waals surface area contributed by atoms with Crippen LogP contribution < -0.4 is 10.6 Å². The Morgan fingerprint density at radius 1 is 1.25 bits per heavy atom. The Bertz CT molecular complexity index is 693. The Kier molecular flexibility index (Phi) is 8.77. The van der Waals surface area contributed by atoms with Gasteiger partial charge in [-0.2, -0.15) is 4.39 Å². The van der Waals surface area contributed by atoms with Crippen LogP contribution in [-0.2, 0) is 9.53 Å². The number of ether oxygens (including phenoxy) is 1. The number of unbranched alkanes of at least 4 members (excludes halogenated alkanes) is 1. The molecule has 0 aliphatic heterocycles. The van der Waals surface area contributed by atoms with E-state index in [0.717, 1.165) is 12.3 Å². The lowest BCUT2D eigenvalue weighted by atomic mass is 10.0. The number of hydrogen-bond acceptors (Lipinski definition) is 6. The Morgan fingerprint density at radius 3 is 2.46 bits per heavy atom. The average molecular weight is 418 g/mol. The number of carbonyl (C=O) groups excluding carboxylic acids is 3. The lowest BCUT2D eigenvalue weighted by Gasteiger charge is -2.27. The minimum absolute atomic E-state index is 0.0196. The number of aromatic nitrogens is 1. The topological polar surface area (TPSA) is 118 Å². The highest BCUT2D eigenvalue weighted by Gasteiger charge is 2.36. The van der Waals surface area contributed by atoms with Gasteiger partial charge in [-0.15, -0.1) is 11.6 Å². The van der Waals surface area contributed by atoms with E-state index in [1.807, 2.05) is 0 Å². The molecule has 3 N–H and O–H groups in total. The number of Topliss-reactive ketones (excluding diaryl/α,β-unsaturated/α-hetero) is 1. The van der Waals surface area contributed by atoms with Crippen LogP contribution >= 0.6 is 11.6 Å². The summed E-state index contributed by atoms with van der Waals surface area (Å²) in [6, 6.07) is 2.16. The molecule has 10 heteroatoms. The summed E-state index contributed by atoms with van der Waals surface area (Å²) in [7, 11) is 0. The smallest absolute Gasteiger partial charge is 0.407 e. The van der Waals surface area contributed by atoms with Crippen LogP contribution in [0.25, 0.3) is 0 Å². The molecule has 0 saturated carbocycles. The molecule has 0 aliphatic rings. The number of ketones is 1. The van der Waals surface area contributed by atoms with Crippen molar-refractivity contribution in [1.29, 1.82) is 0 Å². The number of halogens is 2. The molecule has 2 amide bonds. The normalized spacial score (nSPS) is 13.4. The third-order valence-electron chi connectivity index (χ3n) is 3.53. The van der Waals surface area contributed by atoms with Crippen LogP contribution in [-0.4, -0.2) is 51.6 Å². The molecule has 1 atom stereocenters. The van der Waals surface area contributed by atoms with Crippen molar-refractivity contribution in [2.45, 2.75) is 51.4 Å². The third kappa shape index (κ3) is 8.18. The number of carbonyl (C=O) groups is 3. The van der Waals surface area contributed by atoms with Crippen molar-refractivity contribution in [1.82, 2.24) is 15.6 Å². The van der Waals surface area contributed by atoms with E-state index in [9.17, 15) is 23.9 Å². The van der Waals surface area contributed by atoms with Crippen molar-refractivity contribution in [2.75, 3.05) is 12.4 Å². The van der Waals surface area contributed by atoms with Gasteiger partial charge in [0.2, 0.25) is 5.95 Å². The molecule has 0 spiro atoms. The number of rotatable bonds is 9. The number of amides is 2. The van der Waals surface area contributed by atoms with Gasteiger partial charge in [-0.05, 0) is 45.7 Å². The molecule has 1 unspecified atom stereocenters. The maximum Gasteiger partial charge on any atom is 0.407 e. The molecule has 28 heavy (non-hydrogen) atoms. The quantitative estimate of drug-likeness (QED) is 0.245. The summed E-state index contributed by atoms with van der Waals surface area (Å²) >= 11 is 5.53. The van der Waals surface area contributed by atoms with Crippen LogP contribution in [0.5, 0.6) is 0 Å². The van der Waals surface area contributed by atoms with E-state index in [2.05, 4.69) is 15.6 Å². The lowest BCUT2D eigenvalue weighted by Crippen LogP contribution is -2.55. The summed E-state index contributed by atoms with van der Waals surface area (Å²) in [5.74, 6) is -2.84. The first kappa shape index (κ1) is 23.8. The zero-order valence-electron chi connectivity index (χ0n) is 16.1. The molecular weight excluding hydrogens is 393 g/mol. The van der Waals surface area contributed by atoms with Gasteiger partial charge < -0.3 is 20.5 Å². The maximum absolute atomic E-state index is 12.9.